The van der Waals surface area contributed by atoms with E-state index < -0.39 is 29.8 Å². The van der Waals surface area contributed by atoms with Gasteiger partial charge in [-0.15, -0.1) is 0 Å². The van der Waals surface area contributed by atoms with E-state index in [9.17, 15) is 13.6 Å². The lowest BCUT2D eigenvalue weighted by molar-refractivity contribution is -0.133. The zero-order valence-corrected chi connectivity index (χ0v) is 20.8. The Labute approximate surface area is 203 Å². The van der Waals surface area contributed by atoms with Crippen molar-refractivity contribution in [3.8, 4) is 0 Å². The number of pyridine rings is 1. The first-order valence-electron chi connectivity index (χ1n) is 11.4. The van der Waals surface area contributed by atoms with E-state index >= 15 is 4.39 Å². The van der Waals surface area contributed by atoms with E-state index in [1.807, 2.05) is 6.07 Å². The molecule has 0 atom stereocenters. The largest absolute Gasteiger partial charge is 0.365 e. The molecule has 35 heavy (non-hydrogen) atoms. The summed E-state index contributed by atoms with van der Waals surface area (Å²) in [6.45, 7) is 3.92. The summed E-state index contributed by atoms with van der Waals surface area (Å²) in [5.41, 5.74) is 1.02. The number of nitrogens with one attached hydrogen (secondary N) is 2. The molecule has 2 N–H and O–H groups in total. The van der Waals surface area contributed by atoms with Crippen LogP contribution >= 0.6 is 7.92 Å². The van der Waals surface area contributed by atoms with Crippen LogP contribution in [0.4, 0.5) is 19.0 Å². The fourth-order valence-corrected chi connectivity index (χ4v) is 6.08. The third-order valence-corrected chi connectivity index (χ3v) is 8.43. The van der Waals surface area contributed by atoms with Gasteiger partial charge in [-0.3, -0.25) is 9.78 Å². The molecule has 0 saturated carbocycles. The molecule has 0 bridgehead atoms. The molecule has 186 valence electrons. The van der Waals surface area contributed by atoms with Gasteiger partial charge in [0.25, 0.3) is 5.92 Å². The molecular weight excluding hydrogens is 476 g/mol. The molecule has 1 aromatic carbocycles. The Morgan fingerprint density at radius 3 is 2.71 bits per heavy atom. The first-order chi connectivity index (χ1) is 16.7. The van der Waals surface area contributed by atoms with Gasteiger partial charge in [-0.05, 0) is 44.5 Å². The first kappa shape index (κ1) is 25.3. The van der Waals surface area contributed by atoms with Crippen molar-refractivity contribution < 1.29 is 18.0 Å². The van der Waals surface area contributed by atoms with Crippen LogP contribution in [0, 0.1) is 12.7 Å². The summed E-state index contributed by atoms with van der Waals surface area (Å²) in [6, 6.07) is 5.89. The predicted molar refractivity (Wildman–Crippen MR) is 132 cm³/mol. The SMILES string of the molecule is CC(=O)N(C)CC(F)(F)c1cccc(CNc2nc(C)nc3cnc(P4CCNCC4)cc23)c1F. The molecule has 2 aromatic heterocycles. The highest BCUT2D eigenvalue weighted by molar-refractivity contribution is 7.65. The van der Waals surface area contributed by atoms with Crippen molar-refractivity contribution in [2.24, 2.45) is 0 Å². The van der Waals surface area contributed by atoms with E-state index in [0.29, 0.717) is 17.2 Å². The van der Waals surface area contributed by atoms with Crippen molar-refractivity contribution in [2.75, 3.05) is 44.3 Å². The Bertz CT molecular complexity index is 1240. The molecule has 11 heteroatoms. The number of likely N-dealkylation sites (N-methyl/N-ethyl adjacent to an activating group) is 1. The standard InChI is InChI=1S/C24H28F3N6OP/c1-15-31-20-13-29-21(35-9-7-28-8-10-35)11-18(20)23(32-15)30-12-17-5-4-6-19(22(17)25)24(26,27)14-33(3)16(2)34/h4-6,11,13,28H,7-10,12,14H2,1-3H3,(H,30,31,32). The maximum Gasteiger partial charge on any atom is 0.293 e. The molecular formula is C24H28F3N6OP. The first-order valence-corrected chi connectivity index (χ1v) is 13.1. The molecule has 0 aliphatic carbocycles. The van der Waals surface area contributed by atoms with Crippen molar-refractivity contribution in [2.45, 2.75) is 26.3 Å². The number of halogens is 3. The smallest absolute Gasteiger partial charge is 0.293 e. The number of amides is 1. The van der Waals surface area contributed by atoms with Crippen LogP contribution < -0.4 is 16.1 Å². The normalized spacial score (nSPS) is 14.8. The number of fused-ring (bicyclic) bond motifs is 1. The van der Waals surface area contributed by atoms with Crippen molar-refractivity contribution in [3.63, 3.8) is 0 Å². The maximum atomic E-state index is 15.2. The van der Waals surface area contributed by atoms with Gasteiger partial charge >= 0.3 is 0 Å². The third kappa shape index (κ3) is 5.70. The fraction of sp³-hybridized carbons (Fsp3) is 0.417. The Balaban J connectivity index is 1.60. The van der Waals surface area contributed by atoms with Crippen LogP contribution in [0.3, 0.4) is 0 Å². The highest BCUT2D eigenvalue weighted by Gasteiger charge is 2.37. The van der Waals surface area contributed by atoms with E-state index in [1.165, 1.54) is 26.1 Å². The number of aryl methyl sites for hydroxylation is 1. The lowest BCUT2D eigenvalue weighted by Crippen LogP contribution is -2.36. The second-order valence-corrected chi connectivity index (χ2v) is 11.1. The number of hydrogen-bond donors (Lipinski definition) is 2. The number of anilines is 1. The number of carbonyl (C=O) groups is 1. The number of rotatable bonds is 7. The minimum atomic E-state index is -3.53. The molecule has 4 rings (SSSR count). The van der Waals surface area contributed by atoms with Crippen molar-refractivity contribution in [3.05, 3.63) is 53.2 Å². The zero-order valence-electron chi connectivity index (χ0n) is 19.9. The van der Waals surface area contributed by atoms with Crippen LogP contribution in [0.25, 0.3) is 10.9 Å². The monoisotopic (exact) mass is 504 g/mol. The van der Waals surface area contributed by atoms with Gasteiger partial charge in [0, 0.05) is 31.5 Å². The van der Waals surface area contributed by atoms with Crippen LogP contribution in [0.2, 0.25) is 0 Å². The molecule has 7 nitrogen and oxygen atoms in total. The summed E-state index contributed by atoms with van der Waals surface area (Å²) in [5.74, 6) is -4.02. The molecule has 0 spiro atoms. The molecule has 1 fully saturated rings. The van der Waals surface area contributed by atoms with Crippen molar-refractivity contribution in [1.82, 2.24) is 25.2 Å². The van der Waals surface area contributed by atoms with Gasteiger partial charge in [-0.2, -0.15) is 8.78 Å². The van der Waals surface area contributed by atoms with Gasteiger partial charge in [0.15, 0.2) is 0 Å². The average molecular weight is 504 g/mol. The van der Waals surface area contributed by atoms with Gasteiger partial charge in [0.05, 0.1) is 29.3 Å². The topological polar surface area (TPSA) is 83.0 Å². The highest BCUT2D eigenvalue weighted by Crippen LogP contribution is 2.35. The van der Waals surface area contributed by atoms with Crippen LogP contribution in [0.15, 0.2) is 30.5 Å². The van der Waals surface area contributed by atoms with Crippen LogP contribution in [-0.2, 0) is 17.3 Å². The summed E-state index contributed by atoms with van der Waals surface area (Å²) in [4.78, 5) is 25.8. The number of aromatic nitrogens is 3. The fourth-order valence-electron chi connectivity index (χ4n) is 4.01. The lowest BCUT2D eigenvalue weighted by Gasteiger charge is -2.24. The molecule has 1 aliphatic rings. The maximum absolute atomic E-state index is 15.2. The Morgan fingerprint density at radius 2 is 2.00 bits per heavy atom. The Hall–Kier alpha value is -2.84. The summed E-state index contributed by atoms with van der Waals surface area (Å²) in [7, 11) is 0.884. The summed E-state index contributed by atoms with van der Waals surface area (Å²) < 4.78 is 44.7. The Morgan fingerprint density at radius 1 is 1.26 bits per heavy atom. The molecule has 1 saturated heterocycles. The molecule has 1 amide bonds. The molecule has 1 aliphatic heterocycles. The van der Waals surface area contributed by atoms with E-state index in [4.69, 9.17) is 0 Å². The summed E-state index contributed by atoms with van der Waals surface area (Å²) in [6.07, 6.45) is 3.84. The molecule has 0 unspecified atom stereocenters. The zero-order chi connectivity index (χ0) is 25.2. The van der Waals surface area contributed by atoms with Crippen LogP contribution in [0.5, 0.6) is 0 Å². The number of carbonyl (C=O) groups excluding carboxylic acids is 1. The minimum absolute atomic E-state index is 0.0415. The van der Waals surface area contributed by atoms with E-state index in [1.54, 1.807) is 13.1 Å². The second kappa shape index (κ2) is 10.4. The quantitative estimate of drug-likeness (QED) is 0.481. The highest BCUT2D eigenvalue weighted by atomic mass is 31.1. The second-order valence-electron chi connectivity index (χ2n) is 8.63. The minimum Gasteiger partial charge on any atom is -0.365 e. The summed E-state index contributed by atoms with van der Waals surface area (Å²) >= 11 is 0. The average Bonchev–Trinajstić information content (AvgIpc) is 2.83. The number of nitrogens with zero attached hydrogens (tertiary/aromatic N) is 4. The van der Waals surface area contributed by atoms with Crippen molar-refractivity contribution in [1.29, 1.82) is 0 Å². The van der Waals surface area contributed by atoms with Gasteiger partial charge in [-0.1, -0.05) is 20.1 Å². The van der Waals surface area contributed by atoms with Gasteiger partial charge in [-0.25, -0.2) is 14.4 Å². The van der Waals surface area contributed by atoms with Gasteiger partial charge in [0.2, 0.25) is 5.91 Å². The van der Waals surface area contributed by atoms with E-state index in [2.05, 4.69) is 25.6 Å². The van der Waals surface area contributed by atoms with Gasteiger partial charge < -0.3 is 15.5 Å². The number of hydrogen-bond acceptors (Lipinski definition) is 6. The molecule has 3 aromatic rings. The summed E-state index contributed by atoms with van der Waals surface area (Å²) in [5, 5.41) is 7.25. The number of alkyl halides is 2. The van der Waals surface area contributed by atoms with E-state index in [0.717, 1.165) is 47.2 Å². The Kier molecular flexibility index (Phi) is 7.52. The van der Waals surface area contributed by atoms with Crippen LogP contribution in [0.1, 0.15) is 23.9 Å². The van der Waals surface area contributed by atoms with Gasteiger partial charge in [0.1, 0.15) is 17.5 Å². The molecule has 3 heterocycles. The van der Waals surface area contributed by atoms with E-state index in [-0.39, 0.29) is 20.0 Å². The van der Waals surface area contributed by atoms with Crippen LogP contribution in [-0.4, -0.2) is 64.8 Å². The lowest BCUT2D eigenvalue weighted by atomic mass is 10.0. The molecule has 0 radical (unpaired) electrons. The number of benzene rings is 1. The van der Waals surface area contributed by atoms with Crippen molar-refractivity contribution >= 4 is 36.0 Å². The third-order valence-electron chi connectivity index (χ3n) is 6.01. The predicted octanol–water partition coefficient (Wildman–Crippen LogP) is 3.36.